The van der Waals surface area contributed by atoms with Crippen LogP contribution >= 0.6 is 23.2 Å². The Morgan fingerprint density at radius 3 is 2.47 bits per heavy atom. The molecule has 0 bridgehead atoms. The highest BCUT2D eigenvalue weighted by Crippen LogP contribution is 2.33. The van der Waals surface area contributed by atoms with Gasteiger partial charge in [-0.25, -0.2) is 9.97 Å². The molecule has 0 radical (unpaired) electrons. The maximum absolute atomic E-state index is 6.13. The van der Waals surface area contributed by atoms with E-state index >= 15 is 0 Å². The molecule has 0 spiro atoms. The molecular weight excluding hydrogens is 259 g/mol. The molecule has 0 N–H and O–H groups in total. The van der Waals surface area contributed by atoms with Gasteiger partial charge in [0.05, 0.1) is 12.6 Å². The quantitative estimate of drug-likeness (QED) is 0.610. The fraction of sp³-hybridized carbons (Fsp3) is 0.333. The van der Waals surface area contributed by atoms with E-state index in [0.29, 0.717) is 16.6 Å². The summed E-state index contributed by atoms with van der Waals surface area (Å²) in [6, 6.07) is 3.76. The van der Waals surface area contributed by atoms with Crippen molar-refractivity contribution in [1.29, 1.82) is 0 Å². The van der Waals surface area contributed by atoms with E-state index < -0.39 is 0 Å². The van der Waals surface area contributed by atoms with E-state index in [0.717, 1.165) is 16.7 Å². The van der Waals surface area contributed by atoms with Crippen molar-refractivity contribution in [2.75, 3.05) is 7.11 Å². The molecule has 3 nitrogen and oxygen atoms in total. The summed E-state index contributed by atoms with van der Waals surface area (Å²) in [4.78, 5) is 8.16. The molecule has 1 aromatic heterocycles. The summed E-state index contributed by atoms with van der Waals surface area (Å²) in [6.07, 6.45) is 0. The molecule has 2 rings (SSSR count). The maximum atomic E-state index is 6.13. The summed E-state index contributed by atoms with van der Waals surface area (Å²) < 4.78 is 5.25. The molecule has 0 unspecified atom stereocenters. The van der Waals surface area contributed by atoms with Gasteiger partial charge in [0.1, 0.15) is 10.9 Å². The van der Waals surface area contributed by atoms with Gasteiger partial charge in [0.2, 0.25) is 5.28 Å². The third-order valence-corrected chi connectivity index (χ3v) is 3.03. The molecule has 0 aliphatic heterocycles. The maximum Gasteiger partial charge on any atom is 0.224 e. The van der Waals surface area contributed by atoms with Crippen LogP contribution in [-0.2, 0) is 0 Å². The lowest BCUT2D eigenvalue weighted by Gasteiger charge is -2.12. The number of benzene rings is 1. The minimum atomic E-state index is 0.144. The van der Waals surface area contributed by atoms with Crippen molar-refractivity contribution < 1.29 is 4.74 Å². The molecule has 0 amide bonds. The predicted molar refractivity (Wildman–Crippen MR) is 70.2 cm³/mol. The molecule has 17 heavy (non-hydrogen) atoms. The predicted octanol–water partition coefficient (Wildman–Crippen LogP) is 4.07. The number of halogens is 2. The van der Waals surface area contributed by atoms with Crippen LogP contribution in [0, 0.1) is 0 Å². The lowest BCUT2D eigenvalue weighted by molar-refractivity contribution is 0.414. The molecule has 0 atom stereocenters. The first-order valence-corrected chi connectivity index (χ1v) is 5.99. The van der Waals surface area contributed by atoms with Crippen LogP contribution in [0.25, 0.3) is 10.9 Å². The minimum Gasteiger partial charge on any atom is -0.497 e. The summed E-state index contributed by atoms with van der Waals surface area (Å²) in [5, 5.41) is 1.36. The minimum absolute atomic E-state index is 0.144. The van der Waals surface area contributed by atoms with Crippen molar-refractivity contribution in [3.05, 3.63) is 28.1 Å². The highest BCUT2D eigenvalue weighted by molar-refractivity contribution is 6.36. The first kappa shape index (κ1) is 12.4. The molecule has 90 valence electrons. The first-order valence-electron chi connectivity index (χ1n) is 5.23. The Hall–Kier alpha value is -1.06. The van der Waals surface area contributed by atoms with E-state index in [1.807, 2.05) is 6.07 Å². The second-order valence-electron chi connectivity index (χ2n) is 4.05. The van der Waals surface area contributed by atoms with Gasteiger partial charge in [-0.1, -0.05) is 25.4 Å². The Morgan fingerprint density at radius 1 is 1.18 bits per heavy atom. The number of hydrogen-bond donors (Lipinski definition) is 0. The molecule has 1 aromatic carbocycles. The van der Waals surface area contributed by atoms with Gasteiger partial charge in [-0.05, 0) is 29.1 Å². The SMILES string of the molecule is COc1cc(C(C)C)c2c(Cl)nc(Cl)nc2c1. The van der Waals surface area contributed by atoms with Crippen LogP contribution in [0.15, 0.2) is 12.1 Å². The van der Waals surface area contributed by atoms with E-state index in [-0.39, 0.29) is 5.28 Å². The van der Waals surface area contributed by atoms with Crippen LogP contribution in [0.1, 0.15) is 25.3 Å². The van der Waals surface area contributed by atoms with Gasteiger partial charge in [0.25, 0.3) is 0 Å². The van der Waals surface area contributed by atoms with Crippen molar-refractivity contribution in [1.82, 2.24) is 9.97 Å². The Labute approximate surface area is 110 Å². The number of aromatic nitrogens is 2. The van der Waals surface area contributed by atoms with Crippen LogP contribution in [0.4, 0.5) is 0 Å². The Morgan fingerprint density at radius 2 is 1.88 bits per heavy atom. The number of hydrogen-bond acceptors (Lipinski definition) is 3. The average molecular weight is 271 g/mol. The third-order valence-electron chi connectivity index (χ3n) is 2.59. The third kappa shape index (κ3) is 2.31. The highest BCUT2D eigenvalue weighted by Gasteiger charge is 2.14. The molecule has 0 aliphatic rings. The topological polar surface area (TPSA) is 35.0 Å². The van der Waals surface area contributed by atoms with Gasteiger partial charge in [0, 0.05) is 11.5 Å². The van der Waals surface area contributed by atoms with Crippen molar-refractivity contribution in [3.63, 3.8) is 0 Å². The zero-order chi connectivity index (χ0) is 12.6. The molecule has 1 heterocycles. The normalized spacial score (nSPS) is 11.2. The number of ether oxygens (including phenoxy) is 1. The Balaban J connectivity index is 2.86. The van der Waals surface area contributed by atoms with Gasteiger partial charge in [0.15, 0.2) is 0 Å². The van der Waals surface area contributed by atoms with Crippen molar-refractivity contribution in [2.24, 2.45) is 0 Å². The molecule has 5 heteroatoms. The summed E-state index contributed by atoms with van der Waals surface area (Å²) in [5.41, 5.74) is 1.76. The lowest BCUT2D eigenvalue weighted by Crippen LogP contribution is -1.96. The zero-order valence-electron chi connectivity index (χ0n) is 9.79. The van der Waals surface area contributed by atoms with E-state index in [4.69, 9.17) is 27.9 Å². The van der Waals surface area contributed by atoms with E-state index in [1.54, 1.807) is 13.2 Å². The molecular formula is C12H12Cl2N2O. The molecule has 0 saturated heterocycles. The van der Waals surface area contributed by atoms with Crippen molar-refractivity contribution in [2.45, 2.75) is 19.8 Å². The highest BCUT2D eigenvalue weighted by atomic mass is 35.5. The number of nitrogens with zero attached hydrogens (tertiary/aromatic N) is 2. The number of fused-ring (bicyclic) bond motifs is 1. The standard InChI is InChI=1S/C12H12Cl2N2O/c1-6(2)8-4-7(17-3)5-9-10(8)11(13)16-12(14)15-9/h4-6H,1-3H3. The fourth-order valence-electron chi connectivity index (χ4n) is 1.77. The second kappa shape index (κ2) is 4.67. The second-order valence-corrected chi connectivity index (χ2v) is 4.74. The van der Waals surface area contributed by atoms with Crippen LogP contribution in [0.5, 0.6) is 5.75 Å². The van der Waals surface area contributed by atoms with Crippen molar-refractivity contribution >= 4 is 34.1 Å². The summed E-state index contributed by atoms with van der Waals surface area (Å²) >= 11 is 11.9. The smallest absolute Gasteiger partial charge is 0.224 e. The fourth-order valence-corrected chi connectivity index (χ4v) is 2.27. The summed E-state index contributed by atoms with van der Waals surface area (Å²) in [5.74, 6) is 1.04. The molecule has 0 saturated carbocycles. The van der Waals surface area contributed by atoms with Crippen LogP contribution in [0.3, 0.4) is 0 Å². The monoisotopic (exact) mass is 270 g/mol. The summed E-state index contributed by atoms with van der Waals surface area (Å²) in [6.45, 7) is 4.16. The summed E-state index contributed by atoms with van der Waals surface area (Å²) in [7, 11) is 1.62. The Bertz CT molecular complexity index is 570. The van der Waals surface area contributed by atoms with Gasteiger partial charge < -0.3 is 4.74 Å². The van der Waals surface area contributed by atoms with Crippen LogP contribution in [0.2, 0.25) is 10.4 Å². The van der Waals surface area contributed by atoms with Crippen molar-refractivity contribution in [3.8, 4) is 5.75 Å². The van der Waals surface area contributed by atoms with Gasteiger partial charge in [-0.3, -0.25) is 0 Å². The van der Waals surface area contributed by atoms with E-state index in [2.05, 4.69) is 23.8 Å². The van der Waals surface area contributed by atoms with E-state index in [1.165, 1.54) is 0 Å². The van der Waals surface area contributed by atoms with Crippen LogP contribution < -0.4 is 4.74 Å². The molecule has 0 fully saturated rings. The van der Waals surface area contributed by atoms with Crippen LogP contribution in [-0.4, -0.2) is 17.1 Å². The van der Waals surface area contributed by atoms with Gasteiger partial charge in [-0.2, -0.15) is 0 Å². The molecule has 0 aliphatic carbocycles. The van der Waals surface area contributed by atoms with Gasteiger partial charge >= 0.3 is 0 Å². The van der Waals surface area contributed by atoms with E-state index in [9.17, 15) is 0 Å². The van der Waals surface area contributed by atoms with Gasteiger partial charge in [-0.15, -0.1) is 0 Å². The number of methoxy groups -OCH3 is 1. The first-order chi connectivity index (χ1) is 8.02. The lowest BCUT2D eigenvalue weighted by atomic mass is 9.99. The zero-order valence-corrected chi connectivity index (χ0v) is 11.3. The average Bonchev–Trinajstić information content (AvgIpc) is 2.26. The Kier molecular flexibility index (Phi) is 3.40. The molecule has 2 aromatic rings. The number of rotatable bonds is 2. The largest absolute Gasteiger partial charge is 0.497 e.